The highest BCUT2D eigenvalue weighted by Crippen LogP contribution is 2.65. The number of benzene rings is 19. The van der Waals surface area contributed by atoms with E-state index in [2.05, 4.69) is 377 Å². The summed E-state index contributed by atoms with van der Waals surface area (Å²) in [6.45, 7) is 4.61. The number of para-hydroxylation sites is 4. The monoisotopic (exact) mass is 1660 g/mol. The van der Waals surface area contributed by atoms with Crippen molar-refractivity contribution in [3.05, 3.63) is 511 Å². The molecule has 0 fully saturated rings. The van der Waals surface area contributed by atoms with E-state index in [1.165, 1.54) is 0 Å². The molecule has 0 saturated heterocycles. The number of fused-ring (bicyclic) bond motifs is 24. The third-order valence-electron chi connectivity index (χ3n) is 29.1. The topological polar surface area (TPSA) is 78.5 Å². The van der Waals surface area contributed by atoms with Gasteiger partial charge in [0.25, 0.3) is 16.7 Å². The summed E-state index contributed by atoms with van der Waals surface area (Å²) in [6, 6.07) is 152. The van der Waals surface area contributed by atoms with Crippen LogP contribution in [0.15, 0.2) is 439 Å². The van der Waals surface area contributed by atoms with Gasteiger partial charge in [-0.05, 0) is 260 Å². The Labute approximate surface area is 748 Å². The Hall–Kier alpha value is -16.8. The van der Waals surface area contributed by atoms with Crippen molar-refractivity contribution in [2.75, 3.05) is 4.90 Å². The van der Waals surface area contributed by atoms with Crippen LogP contribution >= 0.6 is 0 Å². The second kappa shape index (κ2) is 27.4. The summed E-state index contributed by atoms with van der Waals surface area (Å²) in [4.78, 5) is 49.3. The van der Waals surface area contributed by atoms with Gasteiger partial charge in [-0.2, -0.15) is 0 Å². The molecule has 2 spiro atoms. The van der Waals surface area contributed by atoms with Gasteiger partial charge in [0.15, 0.2) is 0 Å². The van der Waals surface area contributed by atoms with E-state index in [4.69, 9.17) is 4.74 Å². The number of anilines is 3. The van der Waals surface area contributed by atoms with Gasteiger partial charge in [-0.15, -0.1) is 0 Å². The maximum Gasteiger partial charge on any atom is 0.263 e. The average Bonchev–Trinajstić information content (AvgIpc) is 0.981. The van der Waals surface area contributed by atoms with Gasteiger partial charge in [0, 0.05) is 54.5 Å². The van der Waals surface area contributed by atoms with E-state index in [0.717, 1.165) is 228 Å². The summed E-state index contributed by atoms with van der Waals surface area (Å²) < 4.78 is 13.0. The van der Waals surface area contributed by atoms with Crippen LogP contribution in [0.1, 0.15) is 69.5 Å². The largest absolute Gasteiger partial charge is 0.457 e. The molecule has 0 N–H and O–H groups in total. The van der Waals surface area contributed by atoms with Crippen molar-refractivity contribution in [2.45, 2.75) is 30.1 Å². The van der Waals surface area contributed by atoms with Gasteiger partial charge >= 0.3 is 0 Å². The van der Waals surface area contributed by atoms with Crippen LogP contribution in [0.2, 0.25) is 0 Å². The Morgan fingerprint density at radius 2 is 0.485 bits per heavy atom. The Balaban J connectivity index is 0.655. The maximum atomic E-state index is 15.9. The van der Waals surface area contributed by atoms with Crippen LogP contribution in [0.5, 0.6) is 11.5 Å². The van der Waals surface area contributed by atoms with Gasteiger partial charge < -0.3 is 9.64 Å². The number of nitrogens with zero attached hydrogens (tertiary/aromatic N) is 4. The van der Waals surface area contributed by atoms with Gasteiger partial charge in [-0.1, -0.05) is 317 Å². The number of hydrogen-bond donors (Lipinski definition) is 0. The fraction of sp³-hybridized carbons (Fsp3) is 0.0410. The molecule has 1 atom stereocenters. The number of aromatic nitrogens is 3. The molecule has 8 nitrogen and oxygen atoms in total. The molecule has 5 aliphatic heterocycles. The Kier molecular flexibility index (Phi) is 15.5. The highest BCUT2D eigenvalue weighted by Gasteiger charge is 2.54. The number of ether oxygens (including phenoxy) is 1. The number of pyridine rings is 3. The fourth-order valence-electron chi connectivity index (χ4n) is 23.2. The first-order valence-electron chi connectivity index (χ1n) is 44.6. The number of rotatable bonds is 8. The molecular weight excluding hydrogens is 1590 g/mol. The standard InChI is InChI=1S/C122H76N4O4/c1-120(2)101-67-81(55-61-108(101)125-115-95(89-32-13-16-35-93(89)118(125)128)65-85(71-105(115)120)75-29-10-5-11-30-75)77-45-47-78(48-46-77)83-56-62-109-102(69-83)121(97-38-18-21-42-107(97)124-114-91(37-24-41-100(114)121)88-31-12-15-34-92(88)117(124)127)103-70-84(57-63-110(103)123(109)87-59-53-76(54-60-87)73-25-6-3-7-26-73)79-49-51-80(52-50-79)86-66-96-90-33-14-17-36-94(90)119(129)126-111-64-58-82(74-27-8-4-9-28-74)68-104(111)122(106(72-86)116(96)126)98-39-19-22-43-112(98)130-113-44-23-20-40-99(113)122/h3-72H,1-2H3. The smallest absolute Gasteiger partial charge is 0.263 e. The van der Waals surface area contributed by atoms with E-state index in [1.54, 1.807) is 0 Å². The lowest BCUT2D eigenvalue weighted by atomic mass is 9.60. The van der Waals surface area contributed by atoms with Crippen LogP contribution < -0.4 is 26.3 Å². The zero-order chi connectivity index (χ0) is 86.1. The lowest BCUT2D eigenvalue weighted by Crippen LogP contribution is -2.42. The van der Waals surface area contributed by atoms with E-state index in [-0.39, 0.29) is 16.7 Å². The SMILES string of the molecule is CC1(C)c2cc(-c3ccc(-c4ccc5c(c4)C4(c6cc(-c7ccc(-c8cc9c%10c(c8)c8ccccc8c(=O)n%10-c8ccc(-c%10ccccc%10)cc8C98c9ccccc9Oc9ccccc98)cc7)ccc6N5c5ccc(-c6ccccc6)cc5)c5ccccc5-n5c(=O)c6ccccc6c6cccc4c65)cc3)ccc2-n2c(=O)c3ccccc3c3cc(-c4ccccc4)cc1c32. The summed E-state index contributed by atoms with van der Waals surface area (Å²) >= 11 is 0. The molecule has 8 heteroatoms. The van der Waals surface area contributed by atoms with Crippen LogP contribution in [0.3, 0.4) is 0 Å². The molecule has 0 bridgehead atoms. The van der Waals surface area contributed by atoms with Gasteiger partial charge in [-0.25, -0.2) is 0 Å². The average molecular weight is 1660 g/mol. The predicted octanol–water partition coefficient (Wildman–Crippen LogP) is 28.6. The molecule has 608 valence electrons. The Bertz CT molecular complexity index is 8870. The second-order valence-electron chi connectivity index (χ2n) is 35.9. The van der Waals surface area contributed by atoms with Crippen molar-refractivity contribution in [3.8, 4) is 106 Å². The van der Waals surface area contributed by atoms with Gasteiger partial charge in [0.1, 0.15) is 11.5 Å². The summed E-state index contributed by atoms with van der Waals surface area (Å²) in [5.41, 5.74) is 30.6. The zero-order valence-corrected chi connectivity index (χ0v) is 70.8. The third-order valence-corrected chi connectivity index (χ3v) is 29.1. The molecule has 0 radical (unpaired) electrons. The molecule has 8 heterocycles. The lowest BCUT2D eigenvalue weighted by molar-refractivity contribution is 0.434. The summed E-state index contributed by atoms with van der Waals surface area (Å²) in [6.07, 6.45) is 0. The van der Waals surface area contributed by atoms with Crippen molar-refractivity contribution in [2.24, 2.45) is 0 Å². The minimum Gasteiger partial charge on any atom is -0.457 e. The minimum atomic E-state index is -1.08. The number of hydrogen-bond acceptors (Lipinski definition) is 5. The van der Waals surface area contributed by atoms with Crippen molar-refractivity contribution < 1.29 is 4.74 Å². The van der Waals surface area contributed by atoms with E-state index < -0.39 is 16.2 Å². The maximum absolute atomic E-state index is 15.9. The predicted molar refractivity (Wildman–Crippen MR) is 531 cm³/mol. The van der Waals surface area contributed by atoms with E-state index in [9.17, 15) is 0 Å². The summed E-state index contributed by atoms with van der Waals surface area (Å²) in [5, 5.41) is 7.75. The van der Waals surface area contributed by atoms with Crippen molar-refractivity contribution in [1.82, 2.24) is 13.7 Å². The first-order chi connectivity index (χ1) is 64.0. The molecule has 5 aliphatic rings. The minimum absolute atomic E-state index is 0.0254. The third kappa shape index (κ3) is 10.1. The molecule has 0 saturated carbocycles. The first kappa shape index (κ1) is 73.5. The Morgan fingerprint density at radius 3 is 0.977 bits per heavy atom. The summed E-state index contributed by atoms with van der Waals surface area (Å²) in [5.74, 6) is 1.52. The molecule has 22 aromatic rings. The van der Waals surface area contributed by atoms with Crippen LogP contribution in [-0.2, 0) is 16.2 Å². The van der Waals surface area contributed by atoms with Crippen LogP contribution in [0.25, 0.3) is 160 Å². The highest BCUT2D eigenvalue weighted by molar-refractivity contribution is 6.14. The Morgan fingerprint density at radius 1 is 0.192 bits per heavy atom. The van der Waals surface area contributed by atoms with E-state index in [1.807, 2.05) is 80.4 Å². The first-order valence-corrected chi connectivity index (χ1v) is 44.6. The van der Waals surface area contributed by atoms with E-state index in [0.29, 0.717) is 16.2 Å². The molecular formula is C122H76N4O4. The fourth-order valence-corrected chi connectivity index (χ4v) is 23.2. The molecule has 0 amide bonds. The van der Waals surface area contributed by atoms with Crippen LogP contribution in [0, 0.1) is 0 Å². The van der Waals surface area contributed by atoms with Crippen molar-refractivity contribution >= 4 is 82.1 Å². The molecule has 1 unspecified atom stereocenters. The van der Waals surface area contributed by atoms with Crippen LogP contribution in [-0.4, -0.2) is 13.7 Å². The quantitative estimate of drug-likeness (QED) is 0.142. The molecule has 130 heavy (non-hydrogen) atoms. The molecule has 0 aliphatic carbocycles. The summed E-state index contributed by atoms with van der Waals surface area (Å²) in [7, 11) is 0. The normalized spacial score (nSPS) is 14.7. The molecule has 3 aromatic heterocycles. The van der Waals surface area contributed by atoms with Crippen molar-refractivity contribution in [3.63, 3.8) is 0 Å². The molecule has 27 rings (SSSR count). The van der Waals surface area contributed by atoms with Gasteiger partial charge in [-0.3, -0.25) is 28.1 Å². The van der Waals surface area contributed by atoms with E-state index >= 15 is 14.4 Å². The molecule has 19 aromatic carbocycles. The van der Waals surface area contributed by atoms with Gasteiger partial charge in [0.05, 0.1) is 55.8 Å². The zero-order valence-electron chi connectivity index (χ0n) is 70.8. The van der Waals surface area contributed by atoms with Gasteiger partial charge in [0.2, 0.25) is 0 Å². The highest BCUT2D eigenvalue weighted by atomic mass is 16.5. The van der Waals surface area contributed by atoms with Crippen LogP contribution in [0.4, 0.5) is 17.1 Å². The van der Waals surface area contributed by atoms with Crippen molar-refractivity contribution in [1.29, 1.82) is 0 Å². The second-order valence-corrected chi connectivity index (χ2v) is 35.9. The lowest BCUT2D eigenvalue weighted by Gasteiger charge is -2.49.